The minimum absolute atomic E-state index is 0.708. The van der Waals surface area contributed by atoms with E-state index in [1.807, 2.05) is 19.1 Å². The second-order valence-corrected chi connectivity index (χ2v) is 3.88. The molecule has 1 aromatic rings. The molecule has 14 heavy (non-hydrogen) atoms. The van der Waals surface area contributed by atoms with Crippen molar-refractivity contribution in [2.24, 2.45) is 0 Å². The summed E-state index contributed by atoms with van der Waals surface area (Å²) in [7, 11) is 3.24. The van der Waals surface area contributed by atoms with Crippen LogP contribution >= 0.6 is 15.9 Å². The first kappa shape index (κ1) is 11.1. The molecule has 0 aromatic heterocycles. The molecular weight excluding hydrogens is 244 g/mol. The predicted octanol–water partition coefficient (Wildman–Crippen LogP) is 3.50. The summed E-state index contributed by atoms with van der Waals surface area (Å²) in [4.78, 5) is 0. The number of ether oxygens (including phenoxy) is 2. The molecule has 0 spiro atoms. The second-order valence-electron chi connectivity index (χ2n) is 2.97. The predicted molar refractivity (Wildman–Crippen MR) is 62.0 cm³/mol. The van der Waals surface area contributed by atoms with Crippen molar-refractivity contribution in [3.63, 3.8) is 0 Å². The van der Waals surface area contributed by atoms with Gasteiger partial charge in [0.2, 0.25) is 0 Å². The van der Waals surface area contributed by atoms with Crippen LogP contribution in [0, 0.1) is 0 Å². The van der Waals surface area contributed by atoms with Crippen LogP contribution in [-0.2, 0) is 0 Å². The zero-order chi connectivity index (χ0) is 10.7. The molecule has 76 valence electrons. The third-order valence-corrected chi connectivity index (χ3v) is 2.36. The molecule has 0 unspecified atom stereocenters. The van der Waals surface area contributed by atoms with Gasteiger partial charge in [-0.3, -0.25) is 0 Å². The Kier molecular flexibility index (Phi) is 3.58. The van der Waals surface area contributed by atoms with E-state index in [4.69, 9.17) is 9.47 Å². The zero-order valence-corrected chi connectivity index (χ0v) is 10.1. The number of halogens is 1. The highest BCUT2D eigenvalue weighted by molar-refractivity contribution is 9.10. The smallest absolute Gasteiger partial charge is 0.168 e. The van der Waals surface area contributed by atoms with Crippen molar-refractivity contribution in [1.29, 1.82) is 0 Å². The van der Waals surface area contributed by atoms with Crippen LogP contribution in [0.1, 0.15) is 12.5 Å². The molecule has 0 saturated heterocycles. The molecule has 0 aliphatic heterocycles. The van der Waals surface area contributed by atoms with Crippen LogP contribution in [-0.4, -0.2) is 14.2 Å². The molecule has 1 aromatic carbocycles. The highest BCUT2D eigenvalue weighted by Gasteiger charge is 2.11. The van der Waals surface area contributed by atoms with Crippen LogP contribution in [0.25, 0.3) is 5.57 Å². The maximum atomic E-state index is 5.28. The third-order valence-electron chi connectivity index (χ3n) is 1.90. The van der Waals surface area contributed by atoms with Gasteiger partial charge in [-0.05, 0) is 24.6 Å². The summed E-state index contributed by atoms with van der Waals surface area (Å²) in [5, 5.41) is 0. The summed E-state index contributed by atoms with van der Waals surface area (Å²) in [5.74, 6) is 1.43. The van der Waals surface area contributed by atoms with E-state index < -0.39 is 0 Å². The largest absolute Gasteiger partial charge is 0.493 e. The third kappa shape index (κ3) is 2.10. The van der Waals surface area contributed by atoms with E-state index in [2.05, 4.69) is 22.5 Å². The van der Waals surface area contributed by atoms with Gasteiger partial charge in [-0.1, -0.05) is 22.5 Å². The molecule has 0 fully saturated rings. The fourth-order valence-electron chi connectivity index (χ4n) is 1.25. The highest BCUT2D eigenvalue weighted by atomic mass is 79.9. The first-order valence-corrected chi connectivity index (χ1v) is 4.96. The van der Waals surface area contributed by atoms with Crippen molar-refractivity contribution in [2.75, 3.05) is 14.2 Å². The van der Waals surface area contributed by atoms with Gasteiger partial charge in [0, 0.05) is 10.0 Å². The van der Waals surface area contributed by atoms with Crippen molar-refractivity contribution in [2.45, 2.75) is 6.92 Å². The topological polar surface area (TPSA) is 18.5 Å². The van der Waals surface area contributed by atoms with E-state index >= 15 is 0 Å². The molecule has 2 nitrogen and oxygen atoms in total. The summed E-state index contributed by atoms with van der Waals surface area (Å²) in [6.07, 6.45) is 0. The van der Waals surface area contributed by atoms with Gasteiger partial charge < -0.3 is 9.47 Å². The minimum Gasteiger partial charge on any atom is -0.493 e. The van der Waals surface area contributed by atoms with Crippen molar-refractivity contribution in [3.05, 3.63) is 28.7 Å². The quantitative estimate of drug-likeness (QED) is 0.825. The highest BCUT2D eigenvalue weighted by Crippen LogP contribution is 2.37. The van der Waals surface area contributed by atoms with E-state index in [0.29, 0.717) is 5.75 Å². The Morgan fingerprint density at radius 2 is 1.93 bits per heavy atom. The number of rotatable bonds is 3. The monoisotopic (exact) mass is 256 g/mol. The molecule has 0 heterocycles. The maximum Gasteiger partial charge on any atom is 0.168 e. The number of allylic oxidation sites excluding steroid dienone is 1. The second kappa shape index (κ2) is 4.51. The summed E-state index contributed by atoms with van der Waals surface area (Å²) in [6, 6.07) is 3.83. The summed E-state index contributed by atoms with van der Waals surface area (Å²) < 4.78 is 11.4. The average molecular weight is 257 g/mol. The van der Waals surface area contributed by atoms with Crippen LogP contribution in [0.4, 0.5) is 0 Å². The van der Waals surface area contributed by atoms with Crippen molar-refractivity contribution >= 4 is 21.5 Å². The van der Waals surface area contributed by atoms with E-state index in [1.165, 1.54) is 0 Å². The molecule has 3 heteroatoms. The Bertz CT molecular complexity index is 359. The van der Waals surface area contributed by atoms with Gasteiger partial charge in [0.1, 0.15) is 0 Å². The van der Waals surface area contributed by atoms with Crippen LogP contribution in [0.5, 0.6) is 11.5 Å². The van der Waals surface area contributed by atoms with E-state index in [0.717, 1.165) is 21.4 Å². The van der Waals surface area contributed by atoms with Crippen LogP contribution in [0.2, 0.25) is 0 Å². The molecule has 0 radical (unpaired) electrons. The van der Waals surface area contributed by atoms with Gasteiger partial charge in [-0.2, -0.15) is 0 Å². The van der Waals surface area contributed by atoms with Gasteiger partial charge in [0.15, 0.2) is 11.5 Å². The lowest BCUT2D eigenvalue weighted by Gasteiger charge is -2.13. The van der Waals surface area contributed by atoms with Gasteiger partial charge in [-0.25, -0.2) is 0 Å². The summed E-state index contributed by atoms with van der Waals surface area (Å²) in [5.41, 5.74) is 1.90. The molecule has 0 bridgehead atoms. The Balaban J connectivity index is 3.39. The van der Waals surface area contributed by atoms with E-state index in [9.17, 15) is 0 Å². The van der Waals surface area contributed by atoms with E-state index in [1.54, 1.807) is 14.2 Å². The van der Waals surface area contributed by atoms with Crippen molar-refractivity contribution < 1.29 is 9.47 Å². The molecule has 1 rings (SSSR count). The molecule has 0 amide bonds. The Hall–Kier alpha value is -0.960. The Morgan fingerprint density at radius 1 is 1.29 bits per heavy atom. The molecule has 0 aliphatic rings. The molecule has 0 saturated carbocycles. The van der Waals surface area contributed by atoms with Crippen molar-refractivity contribution in [1.82, 2.24) is 0 Å². The molecule has 0 atom stereocenters. The Morgan fingerprint density at radius 3 is 2.36 bits per heavy atom. The number of benzene rings is 1. The number of hydrogen-bond donors (Lipinski definition) is 0. The Labute approximate surface area is 92.7 Å². The summed E-state index contributed by atoms with van der Waals surface area (Å²) >= 11 is 3.41. The standard InChI is InChI=1S/C11H13BrO2/c1-7(2)9-5-8(12)6-10(13-3)11(9)14-4/h5-6H,1H2,2-4H3. The first-order chi connectivity index (χ1) is 6.60. The van der Waals surface area contributed by atoms with Gasteiger partial charge in [0.25, 0.3) is 0 Å². The SMILES string of the molecule is C=C(C)c1cc(Br)cc(OC)c1OC. The summed E-state index contributed by atoms with van der Waals surface area (Å²) in [6.45, 7) is 5.83. The van der Waals surface area contributed by atoms with E-state index in [-0.39, 0.29) is 0 Å². The molecular formula is C11H13BrO2. The molecule has 0 aliphatic carbocycles. The molecule has 0 N–H and O–H groups in total. The first-order valence-electron chi connectivity index (χ1n) is 4.17. The van der Waals surface area contributed by atoms with Gasteiger partial charge in [0.05, 0.1) is 14.2 Å². The van der Waals surface area contributed by atoms with Gasteiger partial charge in [-0.15, -0.1) is 0 Å². The fourth-order valence-corrected chi connectivity index (χ4v) is 1.68. The van der Waals surface area contributed by atoms with Crippen LogP contribution in [0.15, 0.2) is 23.2 Å². The lowest BCUT2D eigenvalue weighted by atomic mass is 10.1. The van der Waals surface area contributed by atoms with Crippen LogP contribution < -0.4 is 9.47 Å². The lowest BCUT2D eigenvalue weighted by Crippen LogP contribution is -1.94. The van der Waals surface area contributed by atoms with Crippen LogP contribution in [0.3, 0.4) is 0 Å². The normalized spacial score (nSPS) is 9.71. The lowest BCUT2D eigenvalue weighted by molar-refractivity contribution is 0.354. The number of methoxy groups -OCH3 is 2. The maximum absolute atomic E-state index is 5.28. The van der Waals surface area contributed by atoms with Gasteiger partial charge >= 0.3 is 0 Å². The average Bonchev–Trinajstić information content (AvgIpc) is 2.16. The fraction of sp³-hybridized carbons (Fsp3) is 0.273. The minimum atomic E-state index is 0.708. The number of hydrogen-bond acceptors (Lipinski definition) is 2. The van der Waals surface area contributed by atoms with Crippen molar-refractivity contribution in [3.8, 4) is 11.5 Å². The zero-order valence-electron chi connectivity index (χ0n) is 8.56.